The number of ether oxygens (including phenoxy) is 2. The van der Waals surface area contributed by atoms with Crippen LogP contribution in [0.5, 0.6) is 11.5 Å². The Morgan fingerprint density at radius 2 is 1.81 bits per heavy atom. The molecule has 0 aliphatic heterocycles. The van der Waals surface area contributed by atoms with E-state index in [1.165, 1.54) is 22.4 Å². The van der Waals surface area contributed by atoms with E-state index in [1.54, 1.807) is 20.4 Å². The van der Waals surface area contributed by atoms with Crippen molar-refractivity contribution in [2.45, 2.75) is 6.92 Å². The van der Waals surface area contributed by atoms with Crippen LogP contribution in [0.3, 0.4) is 0 Å². The third-order valence-corrected chi connectivity index (χ3v) is 6.40. The summed E-state index contributed by atoms with van der Waals surface area (Å²) in [6.07, 6.45) is 4.03. The molecular formula is C26H21FN6O3. The van der Waals surface area contributed by atoms with Gasteiger partial charge >= 0.3 is 5.69 Å². The highest BCUT2D eigenvalue weighted by molar-refractivity contribution is 6.06. The number of methoxy groups -OCH3 is 2. The van der Waals surface area contributed by atoms with E-state index in [4.69, 9.17) is 9.47 Å². The van der Waals surface area contributed by atoms with Crippen molar-refractivity contribution in [2.24, 2.45) is 7.05 Å². The maximum atomic E-state index is 15.1. The van der Waals surface area contributed by atoms with E-state index >= 15 is 4.39 Å². The monoisotopic (exact) mass is 484 g/mol. The predicted octanol–water partition coefficient (Wildman–Crippen LogP) is 4.28. The van der Waals surface area contributed by atoms with Crippen molar-refractivity contribution in [3.05, 3.63) is 71.0 Å². The molecule has 180 valence electrons. The van der Waals surface area contributed by atoms with Gasteiger partial charge in [0.05, 0.1) is 60.4 Å². The number of pyridine rings is 2. The van der Waals surface area contributed by atoms with Crippen LogP contribution in [-0.4, -0.2) is 43.3 Å². The van der Waals surface area contributed by atoms with E-state index in [-0.39, 0.29) is 11.4 Å². The minimum Gasteiger partial charge on any atom is -0.496 e. The average molecular weight is 484 g/mol. The molecule has 9 nitrogen and oxygen atoms in total. The summed E-state index contributed by atoms with van der Waals surface area (Å²) in [5.74, 6) is 0.897. The van der Waals surface area contributed by atoms with E-state index in [0.29, 0.717) is 27.7 Å². The summed E-state index contributed by atoms with van der Waals surface area (Å²) >= 11 is 0. The Bertz CT molecular complexity index is 1890. The quantitative estimate of drug-likeness (QED) is 0.401. The minimum atomic E-state index is -0.678. The van der Waals surface area contributed by atoms with Crippen molar-refractivity contribution in [1.82, 2.24) is 29.1 Å². The third kappa shape index (κ3) is 3.07. The van der Waals surface area contributed by atoms with Crippen LogP contribution < -0.4 is 15.2 Å². The van der Waals surface area contributed by atoms with Crippen molar-refractivity contribution in [2.75, 3.05) is 14.2 Å². The number of imidazole rings is 2. The van der Waals surface area contributed by atoms with Gasteiger partial charge in [0, 0.05) is 24.1 Å². The van der Waals surface area contributed by atoms with Gasteiger partial charge < -0.3 is 14.5 Å². The number of fused-ring (bicyclic) bond motifs is 4. The second kappa shape index (κ2) is 7.91. The van der Waals surface area contributed by atoms with Crippen molar-refractivity contribution in [1.29, 1.82) is 0 Å². The third-order valence-electron chi connectivity index (χ3n) is 6.40. The summed E-state index contributed by atoms with van der Waals surface area (Å²) < 4.78 is 28.9. The number of nitrogens with one attached hydrogen (secondary N) is 1. The molecule has 2 aromatic carbocycles. The van der Waals surface area contributed by atoms with Crippen LogP contribution in [0.25, 0.3) is 49.8 Å². The maximum Gasteiger partial charge on any atom is 0.333 e. The number of hydrogen-bond donors (Lipinski definition) is 1. The van der Waals surface area contributed by atoms with Gasteiger partial charge in [-0.2, -0.15) is 0 Å². The van der Waals surface area contributed by atoms with Crippen molar-refractivity contribution in [3.63, 3.8) is 0 Å². The Kier molecular flexibility index (Phi) is 4.78. The molecule has 36 heavy (non-hydrogen) atoms. The Labute approximate surface area is 203 Å². The number of aromatic amines is 1. The molecule has 4 heterocycles. The highest BCUT2D eigenvalue weighted by Crippen LogP contribution is 2.38. The molecule has 0 radical (unpaired) electrons. The molecule has 6 rings (SSSR count). The summed E-state index contributed by atoms with van der Waals surface area (Å²) in [5.41, 5.74) is 4.62. The van der Waals surface area contributed by atoms with E-state index in [1.807, 2.05) is 37.3 Å². The predicted molar refractivity (Wildman–Crippen MR) is 134 cm³/mol. The van der Waals surface area contributed by atoms with E-state index in [0.717, 1.165) is 34.2 Å². The zero-order valence-corrected chi connectivity index (χ0v) is 20.0. The number of H-pyrrole nitrogens is 1. The molecule has 0 atom stereocenters. The van der Waals surface area contributed by atoms with Crippen LogP contribution in [0, 0.1) is 12.7 Å². The van der Waals surface area contributed by atoms with Gasteiger partial charge in [-0.25, -0.2) is 14.2 Å². The molecule has 0 spiro atoms. The van der Waals surface area contributed by atoms with Crippen LogP contribution >= 0.6 is 0 Å². The lowest BCUT2D eigenvalue weighted by Crippen LogP contribution is -2.22. The molecule has 0 amide bonds. The smallest absolute Gasteiger partial charge is 0.333 e. The van der Waals surface area contributed by atoms with Crippen LogP contribution in [0.2, 0.25) is 0 Å². The van der Waals surface area contributed by atoms with Gasteiger partial charge in [-0.3, -0.25) is 19.1 Å². The van der Waals surface area contributed by atoms with Gasteiger partial charge in [0.1, 0.15) is 17.3 Å². The second-order valence-corrected chi connectivity index (χ2v) is 8.47. The topological polar surface area (TPSA) is 99.9 Å². The molecule has 10 heteroatoms. The number of aromatic nitrogens is 6. The summed E-state index contributed by atoms with van der Waals surface area (Å²) in [7, 11) is 4.63. The first kappa shape index (κ1) is 21.8. The van der Waals surface area contributed by atoms with Crippen LogP contribution in [0.4, 0.5) is 4.39 Å². The van der Waals surface area contributed by atoms with E-state index in [9.17, 15) is 4.79 Å². The van der Waals surface area contributed by atoms with Crippen LogP contribution in [0.1, 0.15) is 5.82 Å². The lowest BCUT2D eigenvalue weighted by atomic mass is 10.0. The van der Waals surface area contributed by atoms with Gasteiger partial charge in [-0.05, 0) is 30.7 Å². The molecule has 0 saturated heterocycles. The Balaban J connectivity index is 1.73. The first-order valence-corrected chi connectivity index (χ1v) is 11.1. The van der Waals surface area contributed by atoms with Crippen molar-refractivity contribution < 1.29 is 13.9 Å². The van der Waals surface area contributed by atoms with Crippen LogP contribution in [-0.2, 0) is 7.05 Å². The fourth-order valence-electron chi connectivity index (χ4n) is 4.71. The Morgan fingerprint density at radius 1 is 1.00 bits per heavy atom. The SMILES string of the molecule is COc1cc2ncc3c(c2cc1-c1ccc2nc(C)[nH]c2c1)n(-c1c(F)cncc1OC)c(=O)n3C. The highest BCUT2D eigenvalue weighted by Gasteiger charge is 2.23. The van der Waals surface area contributed by atoms with Gasteiger partial charge in [-0.15, -0.1) is 0 Å². The number of rotatable bonds is 4. The maximum absolute atomic E-state index is 15.1. The zero-order valence-electron chi connectivity index (χ0n) is 20.0. The molecule has 0 bridgehead atoms. The largest absolute Gasteiger partial charge is 0.496 e. The molecule has 0 saturated carbocycles. The van der Waals surface area contributed by atoms with Gasteiger partial charge in [-0.1, -0.05) is 6.07 Å². The number of nitrogens with zero attached hydrogens (tertiary/aromatic N) is 5. The first-order valence-electron chi connectivity index (χ1n) is 11.1. The fourth-order valence-corrected chi connectivity index (χ4v) is 4.71. The number of benzene rings is 2. The molecule has 0 unspecified atom stereocenters. The van der Waals surface area contributed by atoms with Gasteiger partial charge in [0.2, 0.25) is 0 Å². The minimum absolute atomic E-state index is 0.0117. The standard InChI is InChI=1S/C26H21FN6O3/c1-13-30-18-6-5-14(7-20(18)31-13)15-8-16-19(9-22(15)35-3)29-11-21-24(16)33(26(34)32(21)2)25-17(27)10-28-12-23(25)36-4/h5-12H,1-4H3,(H,30,31). The van der Waals surface area contributed by atoms with Crippen molar-refractivity contribution >= 4 is 33.0 Å². The van der Waals surface area contributed by atoms with Crippen molar-refractivity contribution in [3.8, 4) is 28.3 Å². The van der Waals surface area contributed by atoms with Gasteiger partial charge in [0.25, 0.3) is 0 Å². The second-order valence-electron chi connectivity index (χ2n) is 8.47. The first-order chi connectivity index (χ1) is 17.4. The summed E-state index contributed by atoms with van der Waals surface area (Å²) in [6, 6.07) is 9.62. The fraction of sp³-hybridized carbons (Fsp3) is 0.154. The summed E-state index contributed by atoms with van der Waals surface area (Å²) in [6.45, 7) is 1.90. The molecule has 1 N–H and O–H groups in total. The van der Waals surface area contributed by atoms with Crippen LogP contribution in [0.15, 0.2) is 53.7 Å². The lowest BCUT2D eigenvalue weighted by Gasteiger charge is -2.13. The zero-order chi connectivity index (χ0) is 25.1. The van der Waals surface area contributed by atoms with Gasteiger partial charge in [0.15, 0.2) is 11.6 Å². The summed E-state index contributed by atoms with van der Waals surface area (Å²) in [4.78, 5) is 29.6. The number of aryl methyl sites for hydroxylation is 2. The molecule has 0 aliphatic rings. The molecule has 0 fully saturated rings. The molecule has 0 aliphatic carbocycles. The Hall–Kier alpha value is -4.73. The molecule has 6 aromatic rings. The molecular weight excluding hydrogens is 463 g/mol. The average Bonchev–Trinajstić information content (AvgIpc) is 3.38. The summed E-state index contributed by atoms with van der Waals surface area (Å²) in [5, 5.41) is 0.653. The molecule has 4 aromatic heterocycles. The van der Waals surface area contributed by atoms with E-state index < -0.39 is 11.5 Å². The number of hydrogen-bond acceptors (Lipinski definition) is 6. The Morgan fingerprint density at radius 3 is 2.58 bits per heavy atom. The highest BCUT2D eigenvalue weighted by atomic mass is 19.1. The van der Waals surface area contributed by atoms with E-state index in [2.05, 4.69) is 19.9 Å². The normalized spacial score (nSPS) is 11.6. The number of halogens is 1. The lowest BCUT2D eigenvalue weighted by molar-refractivity contribution is 0.406.